The van der Waals surface area contributed by atoms with Crippen molar-refractivity contribution >= 4 is 19.4 Å². The molecule has 2 heteroatoms. The first kappa shape index (κ1) is 16.0. The van der Waals surface area contributed by atoms with E-state index in [1.54, 1.807) is 0 Å². The fourth-order valence-electron chi connectivity index (χ4n) is 2.01. The van der Waals surface area contributed by atoms with Crippen molar-refractivity contribution in [3.63, 3.8) is 0 Å². The van der Waals surface area contributed by atoms with Crippen LogP contribution in [0.5, 0.6) is 0 Å². The molecule has 0 N–H and O–H groups in total. The molecule has 1 unspecified atom stereocenters. The molecule has 2 rings (SSSR count). The van der Waals surface area contributed by atoms with Crippen molar-refractivity contribution in [2.45, 2.75) is 26.4 Å². The zero-order valence-electron chi connectivity index (χ0n) is 12.7. The van der Waals surface area contributed by atoms with Crippen molar-refractivity contribution < 1.29 is 4.74 Å². The summed E-state index contributed by atoms with van der Waals surface area (Å²) in [5, 5.41) is 0. The first-order valence-corrected chi connectivity index (χ1v) is 9.30. The third-order valence-corrected chi connectivity index (χ3v) is 4.95. The number of benzene rings is 2. The molecule has 2 aromatic rings. The van der Waals surface area contributed by atoms with Crippen LogP contribution in [-0.4, -0.2) is 20.5 Å². The topological polar surface area (TPSA) is 9.23 Å². The SMILES string of the molecule is CC(C)=CCC(OC[Se]c1ccccc1)c1ccccc1. The molecule has 0 radical (unpaired) electrons. The van der Waals surface area contributed by atoms with Gasteiger partial charge in [0.25, 0.3) is 0 Å². The summed E-state index contributed by atoms with van der Waals surface area (Å²) < 4.78 is 7.55. The van der Waals surface area contributed by atoms with Crippen LogP contribution in [0.1, 0.15) is 31.9 Å². The minimum absolute atomic E-state index is 0.159. The van der Waals surface area contributed by atoms with Crippen molar-refractivity contribution in [2.24, 2.45) is 0 Å². The van der Waals surface area contributed by atoms with E-state index in [1.165, 1.54) is 15.6 Å². The molecule has 0 saturated heterocycles. The van der Waals surface area contributed by atoms with Crippen molar-refractivity contribution in [1.82, 2.24) is 0 Å². The third-order valence-electron chi connectivity index (χ3n) is 3.15. The van der Waals surface area contributed by atoms with E-state index >= 15 is 0 Å². The monoisotopic (exact) mass is 346 g/mol. The van der Waals surface area contributed by atoms with Gasteiger partial charge in [-0.2, -0.15) is 0 Å². The Morgan fingerprint density at radius 1 is 1.00 bits per heavy atom. The van der Waals surface area contributed by atoms with Crippen LogP contribution >= 0.6 is 0 Å². The second-order valence-electron chi connectivity index (χ2n) is 5.16. The summed E-state index contributed by atoms with van der Waals surface area (Å²) in [4.78, 5) is 0. The van der Waals surface area contributed by atoms with E-state index in [-0.39, 0.29) is 6.10 Å². The molecule has 0 bridgehead atoms. The Morgan fingerprint density at radius 3 is 2.24 bits per heavy atom. The van der Waals surface area contributed by atoms with Gasteiger partial charge in [0, 0.05) is 0 Å². The van der Waals surface area contributed by atoms with Gasteiger partial charge in [0.2, 0.25) is 0 Å². The van der Waals surface area contributed by atoms with E-state index < -0.39 is 0 Å². The van der Waals surface area contributed by atoms with Gasteiger partial charge in [0.15, 0.2) is 0 Å². The van der Waals surface area contributed by atoms with E-state index in [0.717, 1.165) is 11.9 Å². The van der Waals surface area contributed by atoms with Gasteiger partial charge in [0.1, 0.15) is 0 Å². The van der Waals surface area contributed by atoms with Gasteiger partial charge >= 0.3 is 134 Å². The minimum atomic E-state index is 0.159. The Labute approximate surface area is 134 Å². The summed E-state index contributed by atoms with van der Waals surface area (Å²) in [6.07, 6.45) is 3.36. The molecule has 0 saturated carbocycles. The van der Waals surface area contributed by atoms with E-state index in [0.29, 0.717) is 15.0 Å². The summed E-state index contributed by atoms with van der Waals surface area (Å²) >= 11 is 0.374. The summed E-state index contributed by atoms with van der Waals surface area (Å²) in [7, 11) is 0. The summed E-state index contributed by atoms with van der Waals surface area (Å²) in [6.45, 7) is 4.27. The Hall–Kier alpha value is -1.34. The van der Waals surface area contributed by atoms with Gasteiger partial charge < -0.3 is 0 Å². The molecule has 0 aliphatic heterocycles. The van der Waals surface area contributed by atoms with Gasteiger partial charge in [-0.3, -0.25) is 0 Å². The number of allylic oxidation sites excluding steroid dienone is 1. The summed E-state index contributed by atoms with van der Waals surface area (Å²) in [5.74, 6) is 0. The molecule has 0 fully saturated rings. The van der Waals surface area contributed by atoms with Crippen LogP contribution < -0.4 is 4.46 Å². The van der Waals surface area contributed by atoms with Crippen molar-refractivity contribution in [3.8, 4) is 0 Å². The first-order valence-electron chi connectivity index (χ1n) is 7.23. The Balaban J connectivity index is 1.94. The fourth-order valence-corrected chi connectivity index (χ4v) is 3.52. The molecule has 110 valence electrons. The van der Waals surface area contributed by atoms with Crippen molar-refractivity contribution in [1.29, 1.82) is 0 Å². The summed E-state index contributed by atoms with van der Waals surface area (Å²) in [6, 6.07) is 21.1. The second-order valence-corrected chi connectivity index (χ2v) is 7.25. The molecule has 0 aromatic heterocycles. The average Bonchev–Trinajstić information content (AvgIpc) is 2.52. The van der Waals surface area contributed by atoms with Crippen LogP contribution in [0.25, 0.3) is 0 Å². The van der Waals surface area contributed by atoms with Crippen LogP contribution in [0.3, 0.4) is 0 Å². The zero-order chi connectivity index (χ0) is 14.9. The van der Waals surface area contributed by atoms with Gasteiger partial charge in [-0.25, -0.2) is 0 Å². The van der Waals surface area contributed by atoms with E-state index in [2.05, 4.69) is 80.6 Å². The van der Waals surface area contributed by atoms with Gasteiger partial charge in [-0.15, -0.1) is 0 Å². The van der Waals surface area contributed by atoms with E-state index in [1.807, 2.05) is 0 Å². The Kier molecular flexibility index (Phi) is 6.75. The molecule has 1 nitrogen and oxygen atoms in total. The molecular formula is C19H22OSe. The Morgan fingerprint density at radius 2 is 1.62 bits per heavy atom. The van der Waals surface area contributed by atoms with Crippen molar-refractivity contribution in [3.05, 3.63) is 77.9 Å². The van der Waals surface area contributed by atoms with E-state index in [4.69, 9.17) is 4.74 Å². The van der Waals surface area contributed by atoms with Crippen LogP contribution in [-0.2, 0) is 4.74 Å². The van der Waals surface area contributed by atoms with Gasteiger partial charge in [0.05, 0.1) is 0 Å². The van der Waals surface area contributed by atoms with Crippen LogP contribution in [0.2, 0.25) is 0 Å². The quantitative estimate of drug-likeness (QED) is 0.543. The van der Waals surface area contributed by atoms with Crippen LogP contribution in [0, 0.1) is 0 Å². The molecule has 1 atom stereocenters. The average molecular weight is 345 g/mol. The Bertz CT molecular complexity index is 544. The number of ether oxygens (including phenoxy) is 1. The second kappa shape index (κ2) is 8.84. The van der Waals surface area contributed by atoms with Crippen LogP contribution in [0.15, 0.2) is 72.3 Å². The molecule has 2 aromatic carbocycles. The third kappa shape index (κ3) is 5.89. The molecule has 0 heterocycles. The molecular weight excluding hydrogens is 323 g/mol. The maximum absolute atomic E-state index is 6.17. The van der Waals surface area contributed by atoms with E-state index in [9.17, 15) is 0 Å². The molecule has 0 spiro atoms. The number of hydrogen-bond acceptors (Lipinski definition) is 1. The summed E-state index contributed by atoms with van der Waals surface area (Å²) in [5.41, 5.74) is 3.42. The maximum atomic E-state index is 6.17. The standard InChI is InChI=1S/C19H22OSe/c1-16(2)13-14-19(17-9-5-3-6-10-17)20-15-21-18-11-7-4-8-12-18/h3-13,19H,14-15H2,1-2H3. The van der Waals surface area contributed by atoms with Gasteiger partial charge in [-0.1, -0.05) is 0 Å². The number of hydrogen-bond donors (Lipinski definition) is 0. The number of rotatable bonds is 7. The molecule has 0 aliphatic carbocycles. The molecule has 0 aliphatic rings. The van der Waals surface area contributed by atoms with Crippen molar-refractivity contribution in [2.75, 3.05) is 5.51 Å². The zero-order valence-corrected chi connectivity index (χ0v) is 14.4. The van der Waals surface area contributed by atoms with Gasteiger partial charge in [-0.05, 0) is 0 Å². The molecule has 0 amide bonds. The normalized spacial score (nSPS) is 11.9. The molecule has 21 heavy (non-hydrogen) atoms. The first-order chi connectivity index (χ1) is 10.3. The predicted octanol–water partition coefficient (Wildman–Crippen LogP) is 4.09. The predicted molar refractivity (Wildman–Crippen MR) is 91.0 cm³/mol. The van der Waals surface area contributed by atoms with Crippen LogP contribution in [0.4, 0.5) is 0 Å². The fraction of sp³-hybridized carbons (Fsp3) is 0.263.